The average Bonchev–Trinajstić information content (AvgIpc) is 2.26. The minimum absolute atomic E-state index is 0.00549. The molecule has 0 atom stereocenters. The molecule has 0 amide bonds. The molecule has 0 aromatic heterocycles. The summed E-state index contributed by atoms with van der Waals surface area (Å²) < 4.78 is 26.9. The van der Waals surface area contributed by atoms with Gasteiger partial charge in [-0.1, -0.05) is 13.8 Å². The second kappa shape index (κ2) is 6.31. The van der Waals surface area contributed by atoms with Crippen LogP contribution in [0.4, 0.5) is 8.78 Å². The highest BCUT2D eigenvalue weighted by Gasteiger charge is 2.10. The Morgan fingerprint density at radius 1 is 1.29 bits per heavy atom. The number of rotatable bonds is 5. The molecule has 1 aromatic rings. The molecule has 1 aromatic carbocycles. The van der Waals surface area contributed by atoms with Crippen LogP contribution in [-0.2, 0) is 6.54 Å². The quantitative estimate of drug-likeness (QED) is 0.800. The summed E-state index contributed by atoms with van der Waals surface area (Å²) in [5.41, 5.74) is -0.00122. The van der Waals surface area contributed by atoms with E-state index in [2.05, 4.69) is 19.2 Å². The molecule has 0 bridgehead atoms. The van der Waals surface area contributed by atoms with Gasteiger partial charge in [0, 0.05) is 12.1 Å². The second-order valence-electron chi connectivity index (χ2n) is 4.39. The standard InChI is InChI=1S/C13H16F2N2/c1-9(2)3-4-17-8-11-12(14)5-10(7-16)6-13(11)15/h5-6,9,17H,3-4,8H2,1-2H3. The van der Waals surface area contributed by atoms with Crippen molar-refractivity contribution in [3.63, 3.8) is 0 Å². The Labute approximate surface area is 100 Å². The van der Waals surface area contributed by atoms with Crippen LogP contribution >= 0.6 is 0 Å². The molecular formula is C13H16F2N2. The van der Waals surface area contributed by atoms with Crippen LogP contribution in [0.2, 0.25) is 0 Å². The minimum atomic E-state index is -0.668. The van der Waals surface area contributed by atoms with Crippen molar-refractivity contribution in [3.8, 4) is 6.07 Å². The third-order valence-corrected chi connectivity index (χ3v) is 2.47. The molecule has 1 rings (SSSR count). The van der Waals surface area contributed by atoms with Crippen molar-refractivity contribution in [1.82, 2.24) is 5.32 Å². The summed E-state index contributed by atoms with van der Waals surface area (Å²) in [6, 6.07) is 3.83. The van der Waals surface area contributed by atoms with Crippen LogP contribution in [-0.4, -0.2) is 6.54 Å². The maximum Gasteiger partial charge on any atom is 0.131 e. The third-order valence-electron chi connectivity index (χ3n) is 2.47. The first-order chi connectivity index (χ1) is 8.04. The Morgan fingerprint density at radius 3 is 2.35 bits per heavy atom. The fourth-order valence-electron chi connectivity index (χ4n) is 1.44. The van der Waals surface area contributed by atoms with E-state index in [0.717, 1.165) is 25.1 Å². The molecule has 0 aliphatic carbocycles. The molecule has 4 heteroatoms. The summed E-state index contributed by atoms with van der Waals surface area (Å²) in [5, 5.41) is 11.5. The van der Waals surface area contributed by atoms with Gasteiger partial charge in [-0.05, 0) is 31.0 Å². The van der Waals surface area contributed by atoms with Gasteiger partial charge in [0.05, 0.1) is 11.6 Å². The molecule has 1 N–H and O–H groups in total. The lowest BCUT2D eigenvalue weighted by Gasteiger charge is -2.09. The van der Waals surface area contributed by atoms with Crippen molar-refractivity contribution in [2.45, 2.75) is 26.8 Å². The van der Waals surface area contributed by atoms with Crippen molar-refractivity contribution < 1.29 is 8.78 Å². The average molecular weight is 238 g/mol. The van der Waals surface area contributed by atoms with Crippen LogP contribution < -0.4 is 5.32 Å². The first kappa shape index (κ1) is 13.6. The molecule has 92 valence electrons. The largest absolute Gasteiger partial charge is 0.312 e. The lowest BCUT2D eigenvalue weighted by Crippen LogP contribution is -2.18. The van der Waals surface area contributed by atoms with E-state index in [9.17, 15) is 8.78 Å². The van der Waals surface area contributed by atoms with Gasteiger partial charge in [0.15, 0.2) is 0 Å². The maximum atomic E-state index is 13.5. The number of nitriles is 1. The molecule has 2 nitrogen and oxygen atoms in total. The van der Waals surface area contributed by atoms with Gasteiger partial charge >= 0.3 is 0 Å². The lowest BCUT2D eigenvalue weighted by molar-refractivity contribution is 0.507. The molecule has 0 unspecified atom stereocenters. The van der Waals surface area contributed by atoms with Crippen molar-refractivity contribution in [2.75, 3.05) is 6.54 Å². The molecule has 0 saturated carbocycles. The van der Waals surface area contributed by atoms with Gasteiger partial charge in [0.2, 0.25) is 0 Å². The van der Waals surface area contributed by atoms with Crippen LogP contribution in [0.3, 0.4) is 0 Å². The van der Waals surface area contributed by atoms with Crippen LogP contribution in [0.1, 0.15) is 31.4 Å². The van der Waals surface area contributed by atoms with Gasteiger partial charge in [-0.2, -0.15) is 5.26 Å². The molecule has 0 heterocycles. The zero-order valence-electron chi connectivity index (χ0n) is 10.1. The van der Waals surface area contributed by atoms with Gasteiger partial charge in [-0.3, -0.25) is 0 Å². The van der Waals surface area contributed by atoms with Crippen molar-refractivity contribution in [1.29, 1.82) is 5.26 Å². The molecule has 17 heavy (non-hydrogen) atoms. The molecule has 0 aliphatic heterocycles. The first-order valence-electron chi connectivity index (χ1n) is 5.63. The Hall–Kier alpha value is -1.47. The normalized spacial score (nSPS) is 10.6. The fraction of sp³-hybridized carbons (Fsp3) is 0.462. The van der Waals surface area contributed by atoms with E-state index in [1.807, 2.05) is 0 Å². The second-order valence-corrected chi connectivity index (χ2v) is 4.39. The van der Waals surface area contributed by atoms with Crippen molar-refractivity contribution in [3.05, 3.63) is 34.9 Å². The minimum Gasteiger partial charge on any atom is -0.312 e. The number of benzene rings is 1. The number of nitrogens with zero attached hydrogens (tertiary/aromatic N) is 1. The molecule has 0 spiro atoms. The summed E-state index contributed by atoms with van der Waals surface area (Å²) in [6.07, 6.45) is 0.958. The topological polar surface area (TPSA) is 35.8 Å². The zero-order chi connectivity index (χ0) is 12.8. The lowest BCUT2D eigenvalue weighted by atomic mass is 10.1. The van der Waals surface area contributed by atoms with Gasteiger partial charge in [-0.25, -0.2) is 8.78 Å². The van der Waals surface area contributed by atoms with Gasteiger partial charge < -0.3 is 5.32 Å². The molecule has 0 aliphatic rings. The first-order valence-corrected chi connectivity index (χ1v) is 5.63. The zero-order valence-corrected chi connectivity index (χ0v) is 10.1. The van der Waals surface area contributed by atoms with E-state index in [0.29, 0.717) is 5.92 Å². The smallest absolute Gasteiger partial charge is 0.131 e. The highest BCUT2D eigenvalue weighted by Crippen LogP contribution is 2.14. The van der Waals surface area contributed by atoms with E-state index in [4.69, 9.17) is 5.26 Å². The summed E-state index contributed by atoms with van der Waals surface area (Å²) in [7, 11) is 0. The van der Waals surface area contributed by atoms with Crippen LogP contribution in [0.5, 0.6) is 0 Å². The summed E-state index contributed by atoms with van der Waals surface area (Å²) >= 11 is 0. The van der Waals surface area contributed by atoms with E-state index in [1.165, 1.54) is 0 Å². The van der Waals surface area contributed by atoms with Crippen LogP contribution in [0, 0.1) is 28.9 Å². The van der Waals surface area contributed by atoms with Crippen LogP contribution in [0.25, 0.3) is 0 Å². The number of nitrogens with one attached hydrogen (secondary N) is 1. The molecular weight excluding hydrogens is 222 g/mol. The van der Waals surface area contributed by atoms with Crippen LogP contribution in [0.15, 0.2) is 12.1 Å². The Balaban J connectivity index is 2.63. The van der Waals surface area contributed by atoms with E-state index >= 15 is 0 Å². The SMILES string of the molecule is CC(C)CCNCc1c(F)cc(C#N)cc1F. The van der Waals surface area contributed by atoms with Gasteiger partial charge in [0.1, 0.15) is 11.6 Å². The Kier molecular flexibility index (Phi) is 5.05. The van der Waals surface area contributed by atoms with Gasteiger partial charge in [0.25, 0.3) is 0 Å². The highest BCUT2D eigenvalue weighted by atomic mass is 19.1. The van der Waals surface area contributed by atoms with Gasteiger partial charge in [-0.15, -0.1) is 0 Å². The molecule has 0 fully saturated rings. The fourth-order valence-corrected chi connectivity index (χ4v) is 1.44. The summed E-state index contributed by atoms with van der Waals surface area (Å²) in [4.78, 5) is 0. The predicted octanol–water partition coefficient (Wildman–Crippen LogP) is 2.97. The maximum absolute atomic E-state index is 13.5. The molecule has 0 saturated heterocycles. The van der Waals surface area contributed by atoms with Crippen molar-refractivity contribution in [2.24, 2.45) is 5.92 Å². The Bertz CT molecular complexity index is 399. The van der Waals surface area contributed by atoms with E-state index in [1.54, 1.807) is 6.07 Å². The predicted molar refractivity (Wildman–Crippen MR) is 62.2 cm³/mol. The number of hydrogen-bond donors (Lipinski definition) is 1. The van der Waals surface area contributed by atoms with E-state index in [-0.39, 0.29) is 17.7 Å². The Morgan fingerprint density at radius 2 is 1.88 bits per heavy atom. The monoisotopic (exact) mass is 238 g/mol. The summed E-state index contributed by atoms with van der Waals surface area (Å²) in [6.45, 7) is 5.04. The highest BCUT2D eigenvalue weighted by molar-refractivity contribution is 5.34. The molecule has 0 radical (unpaired) electrons. The number of hydrogen-bond acceptors (Lipinski definition) is 2. The number of halogens is 2. The summed E-state index contributed by atoms with van der Waals surface area (Å²) in [5.74, 6) is -0.782. The third kappa shape index (κ3) is 4.12. The van der Waals surface area contributed by atoms with Crippen molar-refractivity contribution >= 4 is 0 Å². The van der Waals surface area contributed by atoms with E-state index < -0.39 is 11.6 Å².